The van der Waals surface area contributed by atoms with Crippen LogP contribution in [0.5, 0.6) is 0 Å². The van der Waals surface area contributed by atoms with Gasteiger partial charge in [0, 0.05) is 38.1 Å². The lowest BCUT2D eigenvalue weighted by Gasteiger charge is -2.16. The third kappa shape index (κ3) is 4.35. The van der Waals surface area contributed by atoms with Crippen LogP contribution in [0.1, 0.15) is 12.6 Å². The highest BCUT2D eigenvalue weighted by Gasteiger charge is 2.24. The maximum Gasteiger partial charge on any atom is 0.490 e. The highest BCUT2D eigenvalue weighted by Crippen LogP contribution is 2.29. The molecule has 0 aliphatic carbocycles. The van der Waals surface area contributed by atoms with Gasteiger partial charge in [0.2, 0.25) is 0 Å². The summed E-state index contributed by atoms with van der Waals surface area (Å²) in [7, 11) is -1.01. The van der Waals surface area contributed by atoms with Crippen molar-refractivity contribution < 1.29 is 14.8 Å². The van der Waals surface area contributed by atoms with Crippen molar-refractivity contribution in [3.05, 3.63) is 24.0 Å². The number of aryl methyl sites for hydroxylation is 2. The molecule has 3 rings (SSSR count). The normalized spacial score (nSPS) is 12.1. The molecule has 0 aliphatic rings. The average Bonchev–Trinajstić information content (AvgIpc) is 3.21. The Hall–Kier alpha value is -2.01. The summed E-state index contributed by atoms with van der Waals surface area (Å²) in [5, 5.41) is 34.0. The van der Waals surface area contributed by atoms with Gasteiger partial charge in [-0.2, -0.15) is 20.1 Å². The Morgan fingerprint density at radius 1 is 1.18 bits per heavy atom. The van der Waals surface area contributed by atoms with E-state index in [2.05, 4.69) is 29.8 Å². The van der Waals surface area contributed by atoms with Crippen molar-refractivity contribution in [3.63, 3.8) is 0 Å². The van der Waals surface area contributed by atoms with Gasteiger partial charge in [0.25, 0.3) is 0 Å². The molecular formula is C18H28BN5O3Si. The maximum absolute atomic E-state index is 9.92. The molecule has 28 heavy (non-hydrogen) atoms. The lowest BCUT2D eigenvalue weighted by molar-refractivity contribution is 0.0815. The number of hydrogen-bond acceptors (Lipinski definition) is 6. The van der Waals surface area contributed by atoms with Crippen LogP contribution in [0, 0.1) is 0 Å². The number of rotatable bonds is 8. The molecule has 0 atom stereocenters. The first-order valence-corrected chi connectivity index (χ1v) is 13.2. The van der Waals surface area contributed by atoms with E-state index in [0.29, 0.717) is 24.0 Å². The lowest BCUT2D eigenvalue weighted by Crippen LogP contribution is -2.32. The molecule has 0 amide bonds. The smallest absolute Gasteiger partial charge is 0.423 e. The van der Waals surface area contributed by atoms with Crippen molar-refractivity contribution in [2.24, 2.45) is 7.05 Å². The van der Waals surface area contributed by atoms with E-state index >= 15 is 0 Å². The molecule has 2 aromatic heterocycles. The Morgan fingerprint density at radius 2 is 1.93 bits per heavy atom. The topological polar surface area (TPSA) is 98.2 Å². The van der Waals surface area contributed by atoms with Crippen molar-refractivity contribution >= 4 is 31.6 Å². The number of hydrogen-bond donors (Lipinski definition) is 2. The standard InChI is InChI=1S/C18H28BN5O3Si/c1-6-15-17-13(16-11-20-23(2)21-16)7-8-14(19(25)26)18(17)24(22-15)12-27-9-10-28(3,4)5/h7-8,11,25-26H,6,9-10,12H2,1-5H3. The summed E-state index contributed by atoms with van der Waals surface area (Å²) in [6.07, 6.45) is 2.40. The molecule has 3 aromatic rings. The minimum absolute atomic E-state index is 0.268. The van der Waals surface area contributed by atoms with E-state index in [4.69, 9.17) is 9.84 Å². The van der Waals surface area contributed by atoms with Gasteiger partial charge in [-0.05, 0) is 12.5 Å². The molecule has 8 nitrogen and oxygen atoms in total. The van der Waals surface area contributed by atoms with E-state index in [1.165, 1.54) is 4.80 Å². The number of fused-ring (bicyclic) bond motifs is 1. The van der Waals surface area contributed by atoms with E-state index in [1.54, 1.807) is 24.0 Å². The highest BCUT2D eigenvalue weighted by atomic mass is 28.3. The number of aromatic nitrogens is 5. The highest BCUT2D eigenvalue weighted by molar-refractivity contribution is 6.76. The summed E-state index contributed by atoms with van der Waals surface area (Å²) < 4.78 is 7.62. The van der Waals surface area contributed by atoms with Gasteiger partial charge in [0.1, 0.15) is 12.4 Å². The van der Waals surface area contributed by atoms with E-state index in [9.17, 15) is 10.0 Å². The van der Waals surface area contributed by atoms with Gasteiger partial charge in [0.15, 0.2) is 0 Å². The molecule has 0 fully saturated rings. The van der Waals surface area contributed by atoms with Crippen molar-refractivity contribution in [2.75, 3.05) is 6.61 Å². The Balaban J connectivity index is 2.06. The van der Waals surface area contributed by atoms with Crippen molar-refractivity contribution in [1.29, 1.82) is 0 Å². The van der Waals surface area contributed by atoms with Crippen LogP contribution in [0.3, 0.4) is 0 Å². The first-order valence-electron chi connectivity index (χ1n) is 9.54. The van der Waals surface area contributed by atoms with Crippen LogP contribution in [-0.4, -0.2) is 56.6 Å². The Morgan fingerprint density at radius 3 is 2.50 bits per heavy atom. The fraction of sp³-hybridized carbons (Fsp3) is 0.500. The largest absolute Gasteiger partial charge is 0.490 e. The second-order valence-electron chi connectivity index (χ2n) is 8.17. The molecule has 0 radical (unpaired) electrons. The summed E-state index contributed by atoms with van der Waals surface area (Å²) in [5.74, 6) is 0. The number of benzene rings is 1. The summed E-state index contributed by atoms with van der Waals surface area (Å²) >= 11 is 0. The van der Waals surface area contributed by atoms with Gasteiger partial charge in [0.05, 0.1) is 17.4 Å². The van der Waals surface area contributed by atoms with Crippen LogP contribution in [0.25, 0.3) is 22.2 Å². The van der Waals surface area contributed by atoms with Gasteiger partial charge in [-0.3, -0.25) is 0 Å². The van der Waals surface area contributed by atoms with Crippen molar-refractivity contribution in [3.8, 4) is 11.3 Å². The van der Waals surface area contributed by atoms with Gasteiger partial charge in [-0.15, -0.1) is 0 Å². The number of ether oxygens (including phenoxy) is 1. The summed E-state index contributed by atoms with van der Waals surface area (Å²) in [6, 6.07) is 4.61. The minimum Gasteiger partial charge on any atom is -0.423 e. The van der Waals surface area contributed by atoms with E-state index in [-0.39, 0.29) is 6.73 Å². The molecule has 150 valence electrons. The van der Waals surface area contributed by atoms with Gasteiger partial charge in [-0.1, -0.05) is 38.7 Å². The zero-order chi connectivity index (χ0) is 20.5. The molecule has 10 heteroatoms. The van der Waals surface area contributed by atoms with Crippen LogP contribution < -0.4 is 5.46 Å². The Bertz CT molecular complexity index is 964. The second kappa shape index (κ2) is 8.16. The molecule has 1 aromatic carbocycles. The summed E-state index contributed by atoms with van der Waals surface area (Å²) in [5.41, 5.74) is 3.54. The van der Waals surface area contributed by atoms with E-state index in [1.807, 2.05) is 13.0 Å². The number of nitrogens with zero attached hydrogens (tertiary/aromatic N) is 5. The van der Waals surface area contributed by atoms with Crippen molar-refractivity contribution in [1.82, 2.24) is 24.8 Å². The first-order chi connectivity index (χ1) is 13.2. The average molecular weight is 401 g/mol. The molecule has 0 spiro atoms. The SMILES string of the molecule is CCc1nn(COCC[Si](C)(C)C)c2c(B(O)O)ccc(-c3cnn(C)n3)c12. The lowest BCUT2D eigenvalue weighted by atomic mass is 9.78. The summed E-state index contributed by atoms with van der Waals surface area (Å²) in [6.45, 7) is 9.89. The van der Waals surface area contributed by atoms with Crippen LogP contribution in [-0.2, 0) is 24.9 Å². The molecule has 0 saturated carbocycles. The Kier molecular flexibility index (Phi) is 6.04. The van der Waals surface area contributed by atoms with Crippen LogP contribution in [0.4, 0.5) is 0 Å². The fourth-order valence-corrected chi connectivity index (χ4v) is 3.94. The first kappa shape index (κ1) is 20.7. The molecule has 2 N–H and O–H groups in total. The molecule has 0 saturated heterocycles. The summed E-state index contributed by atoms with van der Waals surface area (Å²) in [4.78, 5) is 1.51. The van der Waals surface area contributed by atoms with Crippen LogP contribution in [0.2, 0.25) is 25.7 Å². The predicted molar refractivity (Wildman–Crippen MR) is 113 cm³/mol. The molecular weight excluding hydrogens is 373 g/mol. The zero-order valence-electron chi connectivity index (χ0n) is 17.2. The maximum atomic E-state index is 9.92. The predicted octanol–water partition coefficient (Wildman–Crippen LogP) is 1.39. The fourth-order valence-electron chi connectivity index (χ4n) is 3.18. The van der Waals surface area contributed by atoms with Gasteiger partial charge >= 0.3 is 7.12 Å². The van der Waals surface area contributed by atoms with Crippen molar-refractivity contribution in [2.45, 2.75) is 45.8 Å². The Labute approximate surface area is 166 Å². The third-order valence-corrected chi connectivity index (χ3v) is 6.40. The van der Waals surface area contributed by atoms with Gasteiger partial charge in [-0.25, -0.2) is 4.68 Å². The van der Waals surface area contributed by atoms with Gasteiger partial charge < -0.3 is 14.8 Å². The molecule has 0 bridgehead atoms. The molecule has 0 aliphatic heterocycles. The zero-order valence-corrected chi connectivity index (χ0v) is 18.2. The molecule has 0 unspecified atom stereocenters. The van der Waals surface area contributed by atoms with E-state index in [0.717, 1.165) is 28.4 Å². The monoisotopic (exact) mass is 401 g/mol. The van der Waals surface area contributed by atoms with E-state index < -0.39 is 15.2 Å². The quantitative estimate of drug-likeness (QED) is 0.437. The third-order valence-electron chi connectivity index (χ3n) is 4.70. The van der Waals surface area contributed by atoms with Crippen LogP contribution >= 0.6 is 0 Å². The second-order valence-corrected chi connectivity index (χ2v) is 13.8. The minimum atomic E-state index is -1.60. The van der Waals surface area contributed by atoms with Crippen LogP contribution in [0.15, 0.2) is 18.3 Å². The molecule has 2 heterocycles.